The quantitative estimate of drug-likeness (QED) is 0.819. The minimum absolute atomic E-state index is 0.0343. The lowest BCUT2D eigenvalue weighted by Gasteiger charge is -2.30. The average Bonchev–Trinajstić information content (AvgIpc) is 2.38. The molecule has 2 rings (SSSR count). The summed E-state index contributed by atoms with van der Waals surface area (Å²) in [6, 6.07) is 6.29. The molecule has 4 heteroatoms. The molecular formula is C14H19N3O. The summed E-state index contributed by atoms with van der Waals surface area (Å²) in [5.74, 6) is 0.836. The smallest absolute Gasteiger partial charge is 0.122 e. The van der Waals surface area contributed by atoms with E-state index in [9.17, 15) is 0 Å². The molecule has 0 amide bonds. The fourth-order valence-corrected chi connectivity index (χ4v) is 2.44. The van der Waals surface area contributed by atoms with Crippen molar-refractivity contribution in [3.05, 3.63) is 23.5 Å². The highest BCUT2D eigenvalue weighted by Crippen LogP contribution is 2.20. The summed E-state index contributed by atoms with van der Waals surface area (Å²) < 4.78 is 5.25. The number of hydrogen-bond donors (Lipinski definition) is 0. The summed E-state index contributed by atoms with van der Waals surface area (Å²) in [6.45, 7) is 3.68. The monoisotopic (exact) mass is 245 g/mol. The summed E-state index contributed by atoms with van der Waals surface area (Å²) >= 11 is 0. The SMILES string of the molecule is COc1cc(C)nc(CN2CCCCC2C#N)c1. The van der Waals surface area contributed by atoms with Gasteiger partial charge in [0.1, 0.15) is 5.75 Å². The van der Waals surface area contributed by atoms with Crippen LogP contribution in [-0.4, -0.2) is 29.6 Å². The molecule has 4 nitrogen and oxygen atoms in total. The van der Waals surface area contributed by atoms with Crippen molar-refractivity contribution in [1.82, 2.24) is 9.88 Å². The third kappa shape index (κ3) is 2.99. The molecule has 0 N–H and O–H groups in total. The maximum Gasteiger partial charge on any atom is 0.122 e. The number of aryl methyl sites for hydroxylation is 1. The van der Waals surface area contributed by atoms with E-state index in [0.717, 1.165) is 43.1 Å². The summed E-state index contributed by atoms with van der Waals surface area (Å²) in [4.78, 5) is 6.73. The Morgan fingerprint density at radius 3 is 3.06 bits per heavy atom. The fourth-order valence-electron chi connectivity index (χ4n) is 2.44. The van der Waals surface area contributed by atoms with E-state index in [0.29, 0.717) is 0 Å². The molecule has 0 spiro atoms. The first-order valence-electron chi connectivity index (χ1n) is 6.38. The van der Waals surface area contributed by atoms with Crippen molar-refractivity contribution < 1.29 is 4.74 Å². The van der Waals surface area contributed by atoms with Crippen LogP contribution in [0.25, 0.3) is 0 Å². The van der Waals surface area contributed by atoms with Gasteiger partial charge in [-0.2, -0.15) is 5.26 Å². The van der Waals surface area contributed by atoms with E-state index >= 15 is 0 Å². The van der Waals surface area contributed by atoms with Crippen LogP contribution in [0.15, 0.2) is 12.1 Å². The van der Waals surface area contributed by atoms with Crippen LogP contribution < -0.4 is 4.74 Å². The number of hydrogen-bond acceptors (Lipinski definition) is 4. The normalized spacial score (nSPS) is 20.4. The molecule has 0 aliphatic carbocycles. The van der Waals surface area contributed by atoms with E-state index in [4.69, 9.17) is 10.00 Å². The van der Waals surface area contributed by atoms with Crippen LogP contribution in [0.4, 0.5) is 0 Å². The van der Waals surface area contributed by atoms with Gasteiger partial charge in [0.2, 0.25) is 0 Å². The van der Waals surface area contributed by atoms with Gasteiger partial charge >= 0.3 is 0 Å². The van der Waals surface area contributed by atoms with Gasteiger partial charge in [-0.1, -0.05) is 0 Å². The van der Waals surface area contributed by atoms with Crippen molar-refractivity contribution >= 4 is 0 Å². The summed E-state index contributed by atoms with van der Waals surface area (Å²) in [6.07, 6.45) is 3.29. The zero-order chi connectivity index (χ0) is 13.0. The maximum absolute atomic E-state index is 9.16. The molecule has 0 aromatic carbocycles. The van der Waals surface area contributed by atoms with Crippen molar-refractivity contribution in [1.29, 1.82) is 5.26 Å². The molecule has 1 unspecified atom stereocenters. The van der Waals surface area contributed by atoms with Crippen LogP contribution in [-0.2, 0) is 6.54 Å². The maximum atomic E-state index is 9.16. The first-order valence-corrected chi connectivity index (χ1v) is 6.38. The molecule has 96 valence electrons. The number of piperidine rings is 1. The van der Waals surface area contributed by atoms with Gasteiger partial charge in [-0.05, 0) is 32.7 Å². The van der Waals surface area contributed by atoms with E-state index in [2.05, 4.69) is 16.0 Å². The lowest BCUT2D eigenvalue weighted by atomic mass is 10.0. The molecular weight excluding hydrogens is 226 g/mol. The van der Waals surface area contributed by atoms with Gasteiger partial charge in [0.25, 0.3) is 0 Å². The van der Waals surface area contributed by atoms with Gasteiger partial charge < -0.3 is 4.74 Å². The van der Waals surface area contributed by atoms with Crippen LogP contribution in [0, 0.1) is 18.3 Å². The van der Waals surface area contributed by atoms with E-state index in [1.54, 1.807) is 7.11 Å². The van der Waals surface area contributed by atoms with Gasteiger partial charge in [-0.25, -0.2) is 0 Å². The highest BCUT2D eigenvalue weighted by Gasteiger charge is 2.22. The molecule has 1 aromatic rings. The highest BCUT2D eigenvalue weighted by atomic mass is 16.5. The minimum Gasteiger partial charge on any atom is -0.497 e. The van der Waals surface area contributed by atoms with E-state index in [1.165, 1.54) is 6.42 Å². The molecule has 0 radical (unpaired) electrons. The van der Waals surface area contributed by atoms with Crippen molar-refractivity contribution in [2.24, 2.45) is 0 Å². The Morgan fingerprint density at radius 2 is 2.33 bits per heavy atom. The topological polar surface area (TPSA) is 49.1 Å². The van der Waals surface area contributed by atoms with Crippen molar-refractivity contribution in [2.45, 2.75) is 38.8 Å². The van der Waals surface area contributed by atoms with Gasteiger partial charge in [0.05, 0.1) is 24.9 Å². The zero-order valence-electron chi connectivity index (χ0n) is 11.0. The van der Waals surface area contributed by atoms with E-state index < -0.39 is 0 Å². The molecule has 1 fully saturated rings. The molecule has 2 heterocycles. The third-order valence-corrected chi connectivity index (χ3v) is 3.34. The highest BCUT2D eigenvalue weighted by molar-refractivity contribution is 5.26. The first-order chi connectivity index (χ1) is 8.72. The number of methoxy groups -OCH3 is 1. The Labute approximate surface area is 108 Å². The summed E-state index contributed by atoms with van der Waals surface area (Å²) in [7, 11) is 1.66. The zero-order valence-corrected chi connectivity index (χ0v) is 11.0. The Hall–Kier alpha value is -1.60. The molecule has 1 atom stereocenters. The second kappa shape index (κ2) is 5.83. The molecule has 0 saturated carbocycles. The van der Waals surface area contributed by atoms with Crippen LogP contribution >= 0.6 is 0 Å². The first kappa shape index (κ1) is 12.8. The minimum atomic E-state index is 0.0343. The molecule has 1 aliphatic heterocycles. The Morgan fingerprint density at radius 1 is 1.50 bits per heavy atom. The van der Waals surface area contributed by atoms with Crippen LogP contribution in [0.2, 0.25) is 0 Å². The van der Waals surface area contributed by atoms with E-state index in [1.807, 2.05) is 19.1 Å². The standard InChI is InChI=1S/C14H19N3O/c1-11-7-14(18-2)8-12(16-11)10-17-6-4-3-5-13(17)9-15/h7-8,13H,3-6,10H2,1-2H3. The number of nitrogens with zero attached hydrogens (tertiary/aromatic N) is 3. The Kier molecular flexibility index (Phi) is 4.16. The largest absolute Gasteiger partial charge is 0.497 e. The molecule has 0 bridgehead atoms. The van der Waals surface area contributed by atoms with Gasteiger partial charge in [0, 0.05) is 24.4 Å². The number of rotatable bonds is 3. The second-order valence-corrected chi connectivity index (χ2v) is 4.75. The summed E-state index contributed by atoms with van der Waals surface area (Å²) in [5, 5.41) is 9.16. The Balaban J connectivity index is 2.12. The molecule has 18 heavy (non-hydrogen) atoms. The lowest BCUT2D eigenvalue weighted by molar-refractivity contribution is 0.174. The lowest BCUT2D eigenvalue weighted by Crippen LogP contribution is -2.38. The van der Waals surface area contributed by atoms with Crippen molar-refractivity contribution in [3.8, 4) is 11.8 Å². The predicted octanol–water partition coefficient (Wildman–Crippen LogP) is 2.28. The summed E-state index contributed by atoms with van der Waals surface area (Å²) in [5.41, 5.74) is 1.93. The molecule has 1 aliphatic rings. The fraction of sp³-hybridized carbons (Fsp3) is 0.571. The second-order valence-electron chi connectivity index (χ2n) is 4.75. The number of nitriles is 1. The van der Waals surface area contributed by atoms with Crippen molar-refractivity contribution in [3.63, 3.8) is 0 Å². The number of pyridine rings is 1. The van der Waals surface area contributed by atoms with E-state index in [-0.39, 0.29) is 6.04 Å². The number of likely N-dealkylation sites (tertiary alicyclic amines) is 1. The molecule has 1 saturated heterocycles. The Bertz CT molecular complexity index is 453. The van der Waals surface area contributed by atoms with Crippen LogP contribution in [0.1, 0.15) is 30.7 Å². The third-order valence-electron chi connectivity index (χ3n) is 3.34. The van der Waals surface area contributed by atoms with Crippen LogP contribution in [0.3, 0.4) is 0 Å². The number of aromatic nitrogens is 1. The molecule has 1 aromatic heterocycles. The number of ether oxygens (including phenoxy) is 1. The van der Waals surface area contributed by atoms with Gasteiger partial charge in [-0.15, -0.1) is 0 Å². The predicted molar refractivity (Wildman–Crippen MR) is 69.2 cm³/mol. The van der Waals surface area contributed by atoms with Gasteiger partial charge in [0.15, 0.2) is 0 Å². The van der Waals surface area contributed by atoms with Crippen LogP contribution in [0.5, 0.6) is 5.75 Å². The van der Waals surface area contributed by atoms with Crippen molar-refractivity contribution in [2.75, 3.05) is 13.7 Å². The average molecular weight is 245 g/mol. The van der Waals surface area contributed by atoms with Gasteiger partial charge in [-0.3, -0.25) is 9.88 Å².